The summed E-state index contributed by atoms with van der Waals surface area (Å²) in [6.45, 7) is 3.38. The van der Waals surface area contributed by atoms with Crippen molar-refractivity contribution in [1.82, 2.24) is 30.7 Å². The van der Waals surface area contributed by atoms with Crippen molar-refractivity contribution < 1.29 is 27.5 Å². The van der Waals surface area contributed by atoms with Crippen molar-refractivity contribution in [3.05, 3.63) is 111 Å². The fraction of sp³-hybridized carbons (Fsp3) is 0.300. The fourth-order valence-electron chi connectivity index (χ4n) is 7.12. The number of amides is 2. The molecule has 0 radical (unpaired) electrons. The molecule has 0 bridgehead atoms. The van der Waals surface area contributed by atoms with Gasteiger partial charge in [0.1, 0.15) is 11.4 Å². The Morgan fingerprint density at radius 2 is 1.43 bits per heavy atom. The van der Waals surface area contributed by atoms with E-state index >= 15 is 0 Å². The number of nitrogens with one attached hydrogen (secondary N) is 4. The molecule has 7 rings (SSSR count). The SMILES string of the molecule is Cc1c(-c2ccn3c(=O)c(CNC[C@@H]4CCC(=O)N4)cnc3c2)cccc1-c1cccc(-c2ccc(CNC[C@@H]3CCC(=O)N3)c(OC(F)(F)F)c2)c1Cl. The van der Waals surface area contributed by atoms with Gasteiger partial charge in [0, 0.05) is 85.8 Å². The lowest BCUT2D eigenvalue weighted by atomic mass is 9.91. The molecule has 2 aromatic heterocycles. The van der Waals surface area contributed by atoms with Crippen LogP contribution in [0.15, 0.2) is 83.9 Å². The Morgan fingerprint density at radius 3 is 2.07 bits per heavy atom. The van der Waals surface area contributed by atoms with Gasteiger partial charge in [-0.3, -0.25) is 18.8 Å². The maximum absolute atomic E-state index is 13.5. The Balaban J connectivity index is 1.13. The summed E-state index contributed by atoms with van der Waals surface area (Å²) in [7, 11) is 0. The van der Waals surface area contributed by atoms with Crippen LogP contribution in [-0.2, 0) is 22.7 Å². The Bertz CT molecular complexity index is 2300. The lowest BCUT2D eigenvalue weighted by Gasteiger charge is -2.18. The summed E-state index contributed by atoms with van der Waals surface area (Å²) in [6.07, 6.45) is 0.744. The van der Waals surface area contributed by atoms with E-state index in [2.05, 4.69) is 31.0 Å². The van der Waals surface area contributed by atoms with Gasteiger partial charge in [-0.1, -0.05) is 60.1 Å². The second-order valence-electron chi connectivity index (χ2n) is 13.6. The molecule has 2 amide bonds. The van der Waals surface area contributed by atoms with E-state index in [9.17, 15) is 27.6 Å². The van der Waals surface area contributed by atoms with Gasteiger partial charge < -0.3 is 26.0 Å². The van der Waals surface area contributed by atoms with Crippen molar-refractivity contribution in [2.45, 2.75) is 64.1 Å². The zero-order chi connectivity index (χ0) is 38.0. The Morgan fingerprint density at radius 1 is 0.815 bits per heavy atom. The first-order chi connectivity index (χ1) is 25.9. The maximum atomic E-state index is 13.5. The quantitative estimate of drug-likeness (QED) is 0.118. The van der Waals surface area contributed by atoms with Gasteiger partial charge in [0.05, 0.1) is 5.02 Å². The minimum absolute atomic E-state index is 0.0370. The summed E-state index contributed by atoms with van der Waals surface area (Å²) in [5, 5.41) is 12.5. The molecule has 4 N–H and O–H groups in total. The van der Waals surface area contributed by atoms with E-state index < -0.39 is 6.36 Å². The molecule has 0 saturated carbocycles. The number of alkyl halides is 3. The summed E-state index contributed by atoms with van der Waals surface area (Å²) in [6, 6.07) is 19.6. The number of nitrogens with zero attached hydrogens (tertiary/aromatic N) is 2. The zero-order valence-corrected chi connectivity index (χ0v) is 30.1. The molecule has 0 unspecified atom stereocenters. The number of halogens is 4. The number of benzene rings is 3. The van der Waals surface area contributed by atoms with Crippen molar-refractivity contribution >= 4 is 29.1 Å². The molecular formula is C40H38ClF3N6O4. The van der Waals surface area contributed by atoms with Gasteiger partial charge in [0.2, 0.25) is 11.8 Å². The van der Waals surface area contributed by atoms with E-state index in [4.69, 9.17) is 11.6 Å². The number of aromatic nitrogens is 2. The van der Waals surface area contributed by atoms with Crippen molar-refractivity contribution in [2.75, 3.05) is 13.1 Å². The van der Waals surface area contributed by atoms with Gasteiger partial charge in [0.25, 0.3) is 5.56 Å². The molecule has 14 heteroatoms. The topological polar surface area (TPSA) is 126 Å². The molecule has 54 heavy (non-hydrogen) atoms. The van der Waals surface area contributed by atoms with E-state index in [-0.39, 0.29) is 41.8 Å². The largest absolute Gasteiger partial charge is 0.573 e. The first-order valence-electron chi connectivity index (χ1n) is 17.7. The van der Waals surface area contributed by atoms with Crippen molar-refractivity contribution in [2.24, 2.45) is 0 Å². The number of carbonyl (C=O) groups is 2. The van der Waals surface area contributed by atoms with Gasteiger partial charge in [0.15, 0.2) is 0 Å². The highest BCUT2D eigenvalue weighted by Gasteiger charge is 2.32. The summed E-state index contributed by atoms with van der Waals surface area (Å²) >= 11 is 7.05. The number of fused-ring (bicyclic) bond motifs is 1. The predicted octanol–water partition coefficient (Wildman–Crippen LogP) is 6.29. The molecule has 2 aliphatic rings. The van der Waals surface area contributed by atoms with Crippen LogP contribution in [0.25, 0.3) is 39.0 Å². The van der Waals surface area contributed by atoms with Crippen LogP contribution < -0.4 is 31.6 Å². The lowest BCUT2D eigenvalue weighted by Crippen LogP contribution is -2.36. The number of hydrogen-bond donors (Lipinski definition) is 4. The molecule has 10 nitrogen and oxygen atoms in total. The summed E-state index contributed by atoms with van der Waals surface area (Å²) in [5.41, 5.74) is 6.27. The summed E-state index contributed by atoms with van der Waals surface area (Å²) < 4.78 is 46.6. The molecule has 5 aromatic rings. The van der Waals surface area contributed by atoms with E-state index in [1.54, 1.807) is 36.7 Å². The van der Waals surface area contributed by atoms with Crippen LogP contribution in [0.4, 0.5) is 13.2 Å². The van der Waals surface area contributed by atoms with Crippen molar-refractivity contribution in [1.29, 1.82) is 0 Å². The second-order valence-corrected chi connectivity index (χ2v) is 14.0. The number of rotatable bonds is 12. The standard InChI is InChI=1S/C40H38ClF3N6O4/c1-23-30(25-14-15-50-35(17-25)47-20-27(39(50)53)19-46-22-29-11-13-37(52)49-29)4-2-5-31(23)33-7-3-6-32(38(33)41)24-8-9-26(34(16-24)54-40(42,43)44)18-45-21-28-10-12-36(51)48-28/h2-9,14-17,20,28-29,45-46H,10-13,18-19,21-22H2,1H3,(H,48,51)(H,49,52)/t28-,29-/m0/s1. The van der Waals surface area contributed by atoms with Gasteiger partial charge in [-0.2, -0.15) is 0 Å². The Hall–Kier alpha value is -5.24. The second kappa shape index (κ2) is 15.6. The highest BCUT2D eigenvalue weighted by atomic mass is 35.5. The monoisotopic (exact) mass is 758 g/mol. The third kappa shape index (κ3) is 8.28. The third-order valence-corrected chi connectivity index (χ3v) is 10.3. The molecule has 2 atom stereocenters. The van der Waals surface area contributed by atoms with Gasteiger partial charge in [-0.25, -0.2) is 4.98 Å². The Kier molecular flexibility index (Phi) is 10.7. The smallest absolute Gasteiger partial charge is 0.405 e. The number of hydrogen-bond acceptors (Lipinski definition) is 7. The number of carbonyl (C=O) groups excluding carboxylic acids is 2. The van der Waals surface area contributed by atoms with Crippen LogP contribution in [0.5, 0.6) is 5.75 Å². The molecule has 2 fully saturated rings. The fourth-order valence-corrected chi connectivity index (χ4v) is 7.45. The molecule has 2 aliphatic heterocycles. The normalized spacial score (nSPS) is 17.2. The van der Waals surface area contributed by atoms with E-state index in [0.29, 0.717) is 77.4 Å². The molecular weight excluding hydrogens is 721 g/mol. The Labute approximate surface area is 314 Å². The highest BCUT2D eigenvalue weighted by Crippen LogP contribution is 2.41. The average molecular weight is 759 g/mol. The maximum Gasteiger partial charge on any atom is 0.573 e. The molecule has 280 valence electrons. The minimum atomic E-state index is -4.91. The van der Waals surface area contributed by atoms with Crippen LogP contribution in [0, 0.1) is 6.92 Å². The van der Waals surface area contributed by atoms with E-state index in [1.165, 1.54) is 10.5 Å². The molecule has 0 spiro atoms. The van der Waals surface area contributed by atoms with Gasteiger partial charge in [-0.05, 0) is 65.8 Å². The highest BCUT2D eigenvalue weighted by molar-refractivity contribution is 6.36. The van der Waals surface area contributed by atoms with Crippen LogP contribution in [0.3, 0.4) is 0 Å². The van der Waals surface area contributed by atoms with Crippen LogP contribution in [-0.4, -0.2) is 52.7 Å². The number of pyridine rings is 1. The summed E-state index contributed by atoms with van der Waals surface area (Å²) in [5.74, 6) is -0.335. The third-order valence-electron chi connectivity index (χ3n) is 9.90. The van der Waals surface area contributed by atoms with Crippen LogP contribution in [0.2, 0.25) is 5.02 Å². The van der Waals surface area contributed by atoms with E-state index in [1.807, 2.05) is 43.3 Å². The van der Waals surface area contributed by atoms with Gasteiger partial charge >= 0.3 is 6.36 Å². The molecule has 4 heterocycles. The van der Waals surface area contributed by atoms with Crippen LogP contribution >= 0.6 is 11.6 Å². The number of ether oxygens (including phenoxy) is 1. The zero-order valence-electron chi connectivity index (χ0n) is 29.4. The average Bonchev–Trinajstić information content (AvgIpc) is 3.76. The van der Waals surface area contributed by atoms with Crippen molar-refractivity contribution in [3.8, 4) is 39.1 Å². The molecule has 3 aromatic carbocycles. The molecule has 0 aliphatic carbocycles. The first kappa shape index (κ1) is 37.1. The van der Waals surface area contributed by atoms with Crippen LogP contribution in [0.1, 0.15) is 42.4 Å². The molecule has 2 saturated heterocycles. The van der Waals surface area contributed by atoms with Crippen molar-refractivity contribution in [3.63, 3.8) is 0 Å². The lowest BCUT2D eigenvalue weighted by molar-refractivity contribution is -0.274. The summed E-state index contributed by atoms with van der Waals surface area (Å²) in [4.78, 5) is 40.8. The minimum Gasteiger partial charge on any atom is -0.405 e. The first-order valence-corrected chi connectivity index (χ1v) is 18.1. The predicted molar refractivity (Wildman–Crippen MR) is 200 cm³/mol. The van der Waals surface area contributed by atoms with Gasteiger partial charge in [-0.15, -0.1) is 13.2 Å². The van der Waals surface area contributed by atoms with E-state index in [0.717, 1.165) is 28.7 Å².